The molecule has 2 heteroatoms. The van der Waals surface area contributed by atoms with Gasteiger partial charge in [-0.15, -0.1) is 0 Å². The Bertz CT molecular complexity index is 145. The number of rotatable bonds is 3. The Hall–Kier alpha value is -0.0800. The largest absolute Gasteiger partial charge is 0.378 e. The first-order valence-electron chi connectivity index (χ1n) is 6.43. The second-order valence-electron chi connectivity index (χ2n) is 4.78. The molecule has 0 radical (unpaired) electrons. The van der Waals surface area contributed by atoms with E-state index in [9.17, 15) is 0 Å². The second kappa shape index (κ2) is 8.12. The minimum atomic E-state index is 0.635. The highest BCUT2D eigenvalue weighted by Gasteiger charge is 2.25. The van der Waals surface area contributed by atoms with E-state index in [4.69, 9.17) is 4.74 Å². The van der Waals surface area contributed by atoms with Crippen LogP contribution >= 0.6 is 0 Å². The molecule has 2 nitrogen and oxygen atoms in total. The van der Waals surface area contributed by atoms with Gasteiger partial charge in [0.05, 0.1) is 13.2 Å². The summed E-state index contributed by atoms with van der Waals surface area (Å²) in [4.78, 5) is 2.58. The summed E-state index contributed by atoms with van der Waals surface area (Å²) in [5, 5.41) is 0. The van der Waals surface area contributed by atoms with Gasteiger partial charge < -0.3 is 4.74 Å². The first-order chi connectivity index (χ1) is 7.11. The van der Waals surface area contributed by atoms with Gasteiger partial charge in [-0.1, -0.05) is 41.5 Å². The fourth-order valence-corrected chi connectivity index (χ4v) is 1.97. The van der Waals surface area contributed by atoms with Gasteiger partial charge in [-0.25, -0.2) is 0 Å². The molecule has 0 amide bonds. The molecule has 1 atom stereocenters. The molecule has 0 aromatic rings. The highest BCUT2D eigenvalue weighted by molar-refractivity contribution is 4.78. The summed E-state index contributed by atoms with van der Waals surface area (Å²) in [5.41, 5.74) is 0. The molecule has 0 saturated carbocycles. The van der Waals surface area contributed by atoms with E-state index in [1.54, 1.807) is 0 Å². The number of morpholine rings is 1. The highest BCUT2D eigenvalue weighted by Crippen LogP contribution is 2.16. The predicted octanol–water partition coefficient (Wildman–Crippen LogP) is 3.03. The van der Waals surface area contributed by atoms with Gasteiger partial charge in [0, 0.05) is 19.1 Å². The van der Waals surface area contributed by atoms with Crippen LogP contribution in [0.5, 0.6) is 0 Å². The Kier molecular flexibility index (Phi) is 8.07. The van der Waals surface area contributed by atoms with Crippen LogP contribution in [-0.2, 0) is 4.74 Å². The highest BCUT2D eigenvalue weighted by atomic mass is 16.5. The van der Waals surface area contributed by atoms with Crippen molar-refractivity contribution in [3.63, 3.8) is 0 Å². The summed E-state index contributed by atoms with van der Waals surface area (Å²) in [6, 6.07) is 0.635. The lowest BCUT2D eigenvalue weighted by atomic mass is 10.0. The lowest BCUT2D eigenvalue weighted by molar-refractivity contribution is -0.0289. The molecular formula is C13H29NO. The topological polar surface area (TPSA) is 12.5 Å². The molecule has 0 bridgehead atoms. The smallest absolute Gasteiger partial charge is 0.0624 e. The van der Waals surface area contributed by atoms with Crippen molar-refractivity contribution < 1.29 is 4.74 Å². The number of hydrogen-bond donors (Lipinski definition) is 0. The summed E-state index contributed by atoms with van der Waals surface area (Å²) >= 11 is 0. The molecule has 1 aliphatic heterocycles. The number of ether oxygens (including phenoxy) is 1. The first-order valence-corrected chi connectivity index (χ1v) is 6.43. The van der Waals surface area contributed by atoms with Gasteiger partial charge in [0.15, 0.2) is 0 Å². The van der Waals surface area contributed by atoms with Crippen LogP contribution in [0.25, 0.3) is 0 Å². The van der Waals surface area contributed by atoms with Gasteiger partial charge in [0.25, 0.3) is 0 Å². The first kappa shape index (κ1) is 14.9. The zero-order valence-electron chi connectivity index (χ0n) is 11.4. The van der Waals surface area contributed by atoms with Gasteiger partial charge in [-0.3, -0.25) is 4.90 Å². The average Bonchev–Trinajstić information content (AvgIpc) is 2.20. The van der Waals surface area contributed by atoms with Crippen LogP contribution in [-0.4, -0.2) is 37.2 Å². The van der Waals surface area contributed by atoms with Crippen molar-refractivity contribution in [2.75, 3.05) is 26.3 Å². The fourth-order valence-electron chi connectivity index (χ4n) is 1.97. The molecule has 15 heavy (non-hydrogen) atoms. The quantitative estimate of drug-likeness (QED) is 0.717. The van der Waals surface area contributed by atoms with Crippen LogP contribution in [0, 0.1) is 11.8 Å². The zero-order valence-corrected chi connectivity index (χ0v) is 11.4. The third-order valence-electron chi connectivity index (χ3n) is 2.65. The SMILES string of the molecule is CC.CC(C)CN1CCOCC1C(C)C. The van der Waals surface area contributed by atoms with Gasteiger partial charge in [-0.05, 0) is 11.8 Å². The normalized spacial score (nSPS) is 22.8. The van der Waals surface area contributed by atoms with Gasteiger partial charge in [0.2, 0.25) is 0 Å². The number of hydrogen-bond acceptors (Lipinski definition) is 2. The van der Waals surface area contributed by atoms with Crippen molar-refractivity contribution in [3.05, 3.63) is 0 Å². The third kappa shape index (κ3) is 5.53. The average molecular weight is 215 g/mol. The van der Waals surface area contributed by atoms with Crippen LogP contribution in [0.1, 0.15) is 41.5 Å². The van der Waals surface area contributed by atoms with Gasteiger partial charge >= 0.3 is 0 Å². The van der Waals surface area contributed by atoms with Crippen molar-refractivity contribution in [3.8, 4) is 0 Å². The summed E-state index contributed by atoms with van der Waals surface area (Å²) in [6.07, 6.45) is 0. The molecule has 1 unspecified atom stereocenters. The van der Waals surface area contributed by atoms with E-state index >= 15 is 0 Å². The molecule has 1 aliphatic rings. The Labute approximate surface area is 96.0 Å². The van der Waals surface area contributed by atoms with E-state index in [1.807, 2.05) is 13.8 Å². The molecule has 0 N–H and O–H groups in total. The molecule has 0 aliphatic carbocycles. The molecule has 0 aromatic carbocycles. The predicted molar refractivity (Wildman–Crippen MR) is 67.2 cm³/mol. The van der Waals surface area contributed by atoms with Gasteiger partial charge in [0.1, 0.15) is 0 Å². The maximum Gasteiger partial charge on any atom is 0.0624 e. The van der Waals surface area contributed by atoms with E-state index < -0.39 is 0 Å². The minimum absolute atomic E-state index is 0.635. The van der Waals surface area contributed by atoms with Crippen molar-refractivity contribution in [2.24, 2.45) is 11.8 Å². The molecular weight excluding hydrogens is 186 g/mol. The summed E-state index contributed by atoms with van der Waals surface area (Å²) in [7, 11) is 0. The lowest BCUT2D eigenvalue weighted by Crippen LogP contribution is -2.49. The van der Waals surface area contributed by atoms with Crippen LogP contribution in [0.2, 0.25) is 0 Å². The van der Waals surface area contributed by atoms with Crippen LogP contribution in [0.15, 0.2) is 0 Å². The van der Waals surface area contributed by atoms with Gasteiger partial charge in [-0.2, -0.15) is 0 Å². The van der Waals surface area contributed by atoms with E-state index in [1.165, 1.54) is 6.54 Å². The lowest BCUT2D eigenvalue weighted by Gasteiger charge is -2.38. The van der Waals surface area contributed by atoms with Crippen LogP contribution < -0.4 is 0 Å². The van der Waals surface area contributed by atoms with E-state index in [0.29, 0.717) is 12.0 Å². The molecule has 1 fully saturated rings. The molecule has 92 valence electrons. The Morgan fingerprint density at radius 2 is 1.80 bits per heavy atom. The van der Waals surface area contributed by atoms with E-state index in [-0.39, 0.29) is 0 Å². The third-order valence-corrected chi connectivity index (χ3v) is 2.65. The Morgan fingerprint density at radius 3 is 2.27 bits per heavy atom. The Balaban J connectivity index is 0.000000921. The molecule has 0 spiro atoms. The van der Waals surface area contributed by atoms with Crippen molar-refractivity contribution in [2.45, 2.75) is 47.6 Å². The van der Waals surface area contributed by atoms with E-state index in [0.717, 1.165) is 25.7 Å². The number of nitrogens with zero attached hydrogens (tertiary/aromatic N) is 1. The molecule has 0 aromatic heterocycles. The molecule has 1 heterocycles. The summed E-state index contributed by atoms with van der Waals surface area (Å²) < 4.78 is 5.51. The monoisotopic (exact) mass is 215 g/mol. The summed E-state index contributed by atoms with van der Waals surface area (Å²) in [6.45, 7) is 17.3. The van der Waals surface area contributed by atoms with Crippen molar-refractivity contribution in [1.29, 1.82) is 0 Å². The second-order valence-corrected chi connectivity index (χ2v) is 4.78. The minimum Gasteiger partial charge on any atom is -0.378 e. The standard InChI is InChI=1S/C11H23NO.C2H6/c1-9(2)7-12-5-6-13-8-11(12)10(3)4;1-2/h9-11H,5-8H2,1-4H3;1-2H3. The van der Waals surface area contributed by atoms with Crippen molar-refractivity contribution in [1.82, 2.24) is 4.90 Å². The van der Waals surface area contributed by atoms with Crippen LogP contribution in [0.3, 0.4) is 0 Å². The van der Waals surface area contributed by atoms with E-state index in [2.05, 4.69) is 32.6 Å². The molecule has 1 saturated heterocycles. The summed E-state index contributed by atoms with van der Waals surface area (Å²) in [5.74, 6) is 1.47. The maximum absolute atomic E-state index is 5.51. The molecule has 1 rings (SSSR count). The zero-order chi connectivity index (χ0) is 11.8. The Morgan fingerprint density at radius 1 is 1.20 bits per heavy atom. The van der Waals surface area contributed by atoms with Crippen molar-refractivity contribution >= 4 is 0 Å². The maximum atomic E-state index is 5.51. The van der Waals surface area contributed by atoms with Crippen LogP contribution in [0.4, 0.5) is 0 Å². The fraction of sp³-hybridized carbons (Fsp3) is 1.00.